The van der Waals surface area contributed by atoms with Crippen LogP contribution in [0.1, 0.15) is 73.7 Å². The van der Waals surface area contributed by atoms with Crippen LogP contribution >= 0.6 is 11.3 Å². The van der Waals surface area contributed by atoms with Gasteiger partial charge in [0.15, 0.2) is 0 Å². The summed E-state index contributed by atoms with van der Waals surface area (Å²) < 4.78 is 0. The molecule has 0 saturated heterocycles. The lowest BCUT2D eigenvalue weighted by molar-refractivity contribution is -0.122. The molecule has 1 N–H and O–H groups in total. The van der Waals surface area contributed by atoms with Crippen LogP contribution in [0.3, 0.4) is 0 Å². The third-order valence-corrected chi connectivity index (χ3v) is 6.74. The van der Waals surface area contributed by atoms with Crippen molar-refractivity contribution < 1.29 is 9.59 Å². The standard InChI is InChI=1S/C21H26N4O2S/c1-2-3-13-25-19(27)16-10-6-5-9-15(16)17(21(25)11-7-4-8-12-21)18(26)23-20-24-22-14-28-20/h5-6,9-10,14,17H,2-4,7-8,11-13H2,1H3,(H,23,24,26). The molecule has 0 bridgehead atoms. The minimum atomic E-state index is -0.451. The number of benzene rings is 1. The Morgan fingerprint density at radius 1 is 1.29 bits per heavy atom. The number of hydrogen-bond donors (Lipinski definition) is 1. The van der Waals surface area contributed by atoms with E-state index in [0.717, 1.165) is 50.5 Å². The summed E-state index contributed by atoms with van der Waals surface area (Å²) in [6.45, 7) is 2.84. The maximum Gasteiger partial charge on any atom is 0.254 e. The third-order valence-electron chi connectivity index (χ3n) is 6.13. The molecule has 1 saturated carbocycles. The average Bonchev–Trinajstić information content (AvgIpc) is 3.22. The zero-order valence-electron chi connectivity index (χ0n) is 16.2. The Morgan fingerprint density at radius 2 is 2.07 bits per heavy atom. The minimum Gasteiger partial charge on any atom is -0.332 e. The van der Waals surface area contributed by atoms with E-state index in [2.05, 4.69) is 22.4 Å². The molecule has 1 unspecified atom stereocenters. The number of hydrogen-bond acceptors (Lipinski definition) is 5. The van der Waals surface area contributed by atoms with Crippen LogP contribution < -0.4 is 5.32 Å². The SMILES string of the molecule is CCCCN1C(=O)c2ccccc2C(C(=O)Nc2nncs2)C12CCCCC2. The van der Waals surface area contributed by atoms with Crippen molar-refractivity contribution in [1.82, 2.24) is 15.1 Å². The van der Waals surface area contributed by atoms with Crippen LogP contribution in [-0.4, -0.2) is 39.0 Å². The quantitative estimate of drug-likeness (QED) is 0.818. The number of rotatable bonds is 5. The molecule has 148 valence electrons. The second kappa shape index (κ2) is 7.99. The van der Waals surface area contributed by atoms with Gasteiger partial charge in [-0.05, 0) is 30.9 Å². The molecule has 1 spiro atoms. The van der Waals surface area contributed by atoms with Crippen molar-refractivity contribution in [2.24, 2.45) is 0 Å². The maximum atomic E-state index is 13.5. The van der Waals surface area contributed by atoms with E-state index in [0.29, 0.717) is 17.2 Å². The van der Waals surface area contributed by atoms with E-state index in [1.54, 1.807) is 5.51 Å². The highest BCUT2D eigenvalue weighted by Crippen LogP contribution is 2.49. The Morgan fingerprint density at radius 3 is 2.79 bits per heavy atom. The lowest BCUT2D eigenvalue weighted by atomic mass is 9.65. The Kier molecular flexibility index (Phi) is 5.44. The molecule has 6 nitrogen and oxygen atoms in total. The van der Waals surface area contributed by atoms with E-state index >= 15 is 0 Å². The van der Waals surface area contributed by atoms with E-state index in [4.69, 9.17) is 0 Å². The van der Waals surface area contributed by atoms with E-state index in [-0.39, 0.29) is 17.7 Å². The van der Waals surface area contributed by atoms with Crippen molar-refractivity contribution in [3.63, 3.8) is 0 Å². The lowest BCUT2D eigenvalue weighted by Gasteiger charge is -2.53. The smallest absolute Gasteiger partial charge is 0.254 e. The molecule has 1 aliphatic heterocycles. The lowest BCUT2D eigenvalue weighted by Crippen LogP contribution is -2.62. The van der Waals surface area contributed by atoms with Crippen LogP contribution in [0.4, 0.5) is 5.13 Å². The molecule has 1 fully saturated rings. The van der Waals surface area contributed by atoms with E-state index in [1.807, 2.05) is 29.2 Å². The van der Waals surface area contributed by atoms with E-state index in [1.165, 1.54) is 11.3 Å². The minimum absolute atomic E-state index is 0.0749. The normalized spacial score (nSPS) is 20.8. The molecule has 2 aliphatic rings. The summed E-state index contributed by atoms with van der Waals surface area (Å²) in [4.78, 5) is 29.0. The molecule has 2 aromatic rings. The first kappa shape index (κ1) is 19.1. The number of aromatic nitrogens is 2. The Balaban J connectivity index is 1.81. The number of anilines is 1. The molecule has 1 atom stereocenters. The van der Waals surface area contributed by atoms with Crippen molar-refractivity contribution in [3.05, 3.63) is 40.9 Å². The number of unbranched alkanes of at least 4 members (excludes halogenated alkanes) is 1. The number of nitrogens with zero attached hydrogens (tertiary/aromatic N) is 3. The van der Waals surface area contributed by atoms with Gasteiger partial charge < -0.3 is 4.90 Å². The molecule has 1 aromatic carbocycles. The van der Waals surface area contributed by atoms with Gasteiger partial charge in [-0.2, -0.15) is 0 Å². The number of carbonyl (C=O) groups excluding carboxylic acids is 2. The number of amides is 2. The zero-order chi connectivity index (χ0) is 19.6. The van der Waals surface area contributed by atoms with Crippen molar-refractivity contribution in [2.45, 2.75) is 63.3 Å². The average molecular weight is 399 g/mol. The van der Waals surface area contributed by atoms with Gasteiger partial charge in [0, 0.05) is 12.1 Å². The summed E-state index contributed by atoms with van der Waals surface area (Å²) >= 11 is 1.31. The van der Waals surface area contributed by atoms with Gasteiger partial charge in [0.2, 0.25) is 11.0 Å². The maximum absolute atomic E-state index is 13.5. The Bertz CT molecular complexity index is 846. The predicted octanol–water partition coefficient (Wildman–Crippen LogP) is 4.22. The zero-order valence-corrected chi connectivity index (χ0v) is 17.0. The molecule has 1 aliphatic carbocycles. The highest BCUT2D eigenvalue weighted by Gasteiger charge is 2.54. The van der Waals surface area contributed by atoms with Crippen LogP contribution in [0.2, 0.25) is 0 Å². The molecular weight excluding hydrogens is 372 g/mol. The van der Waals surface area contributed by atoms with E-state index in [9.17, 15) is 9.59 Å². The van der Waals surface area contributed by atoms with Gasteiger partial charge in [0.05, 0.1) is 11.5 Å². The highest BCUT2D eigenvalue weighted by molar-refractivity contribution is 7.13. The summed E-state index contributed by atoms with van der Waals surface area (Å²) in [6, 6.07) is 7.62. The largest absolute Gasteiger partial charge is 0.332 e. The van der Waals surface area contributed by atoms with Gasteiger partial charge in [-0.1, -0.05) is 62.1 Å². The molecule has 4 rings (SSSR count). The molecule has 2 heterocycles. The molecular formula is C21H26N4O2S. The van der Waals surface area contributed by atoms with Crippen molar-refractivity contribution >= 4 is 28.3 Å². The fourth-order valence-electron chi connectivity index (χ4n) is 4.89. The Hall–Kier alpha value is -2.28. The van der Waals surface area contributed by atoms with Crippen LogP contribution in [0.25, 0.3) is 0 Å². The molecule has 0 radical (unpaired) electrons. The van der Waals surface area contributed by atoms with Gasteiger partial charge >= 0.3 is 0 Å². The van der Waals surface area contributed by atoms with Gasteiger partial charge in [-0.15, -0.1) is 10.2 Å². The van der Waals surface area contributed by atoms with Crippen LogP contribution in [-0.2, 0) is 4.79 Å². The number of nitrogens with one attached hydrogen (secondary N) is 1. The first-order chi connectivity index (χ1) is 13.7. The predicted molar refractivity (Wildman–Crippen MR) is 109 cm³/mol. The van der Waals surface area contributed by atoms with Crippen molar-refractivity contribution in [1.29, 1.82) is 0 Å². The molecule has 2 amide bonds. The molecule has 28 heavy (non-hydrogen) atoms. The summed E-state index contributed by atoms with van der Waals surface area (Å²) in [6.07, 6.45) is 6.94. The topological polar surface area (TPSA) is 75.2 Å². The van der Waals surface area contributed by atoms with Crippen molar-refractivity contribution in [2.75, 3.05) is 11.9 Å². The fraction of sp³-hybridized carbons (Fsp3) is 0.524. The third kappa shape index (κ3) is 3.21. The first-order valence-electron chi connectivity index (χ1n) is 10.2. The van der Waals surface area contributed by atoms with Gasteiger partial charge in [-0.3, -0.25) is 14.9 Å². The summed E-state index contributed by atoms with van der Waals surface area (Å²) in [5.41, 5.74) is 2.67. The molecule has 1 aromatic heterocycles. The number of carbonyl (C=O) groups is 2. The van der Waals surface area contributed by atoms with Gasteiger partial charge in [0.25, 0.3) is 5.91 Å². The van der Waals surface area contributed by atoms with Gasteiger partial charge in [0.1, 0.15) is 5.51 Å². The first-order valence-corrected chi connectivity index (χ1v) is 11.0. The monoisotopic (exact) mass is 398 g/mol. The molecule has 7 heteroatoms. The second-order valence-corrected chi connectivity index (χ2v) is 8.56. The van der Waals surface area contributed by atoms with Gasteiger partial charge in [-0.25, -0.2) is 0 Å². The summed E-state index contributed by atoms with van der Waals surface area (Å²) in [5.74, 6) is -0.395. The summed E-state index contributed by atoms with van der Waals surface area (Å²) in [5, 5.41) is 11.3. The van der Waals surface area contributed by atoms with Crippen LogP contribution in [0.5, 0.6) is 0 Å². The van der Waals surface area contributed by atoms with E-state index < -0.39 is 5.54 Å². The Labute approximate surface area is 169 Å². The van der Waals surface area contributed by atoms with Crippen molar-refractivity contribution in [3.8, 4) is 0 Å². The van der Waals surface area contributed by atoms with Crippen LogP contribution in [0, 0.1) is 0 Å². The highest BCUT2D eigenvalue weighted by atomic mass is 32.1. The number of fused-ring (bicyclic) bond motifs is 1. The second-order valence-electron chi connectivity index (χ2n) is 7.73. The fourth-order valence-corrected chi connectivity index (χ4v) is 5.34. The summed E-state index contributed by atoms with van der Waals surface area (Å²) in [7, 11) is 0. The van der Waals surface area contributed by atoms with Crippen LogP contribution in [0.15, 0.2) is 29.8 Å².